The molecule has 0 aliphatic carbocycles. The lowest BCUT2D eigenvalue weighted by atomic mass is 10.1. The van der Waals surface area contributed by atoms with Crippen LogP contribution in [0, 0.1) is 0 Å². The van der Waals surface area contributed by atoms with Crippen LogP contribution in [0.4, 0.5) is 5.82 Å². The first-order valence-corrected chi connectivity index (χ1v) is 9.32. The molecule has 152 valence electrons. The molecule has 2 atom stereocenters. The van der Waals surface area contributed by atoms with E-state index in [9.17, 15) is 19.2 Å². The van der Waals surface area contributed by atoms with Crippen molar-refractivity contribution in [2.24, 2.45) is 0 Å². The third-order valence-corrected chi connectivity index (χ3v) is 4.77. The fourth-order valence-electron chi connectivity index (χ4n) is 2.97. The Bertz CT molecular complexity index is 932. The van der Waals surface area contributed by atoms with Gasteiger partial charge in [0.2, 0.25) is 0 Å². The molecule has 29 heavy (non-hydrogen) atoms. The van der Waals surface area contributed by atoms with E-state index in [0.717, 1.165) is 11.3 Å². The summed E-state index contributed by atoms with van der Waals surface area (Å²) < 4.78 is 6.79. The van der Waals surface area contributed by atoms with Gasteiger partial charge in [0.1, 0.15) is 12.4 Å². The van der Waals surface area contributed by atoms with Gasteiger partial charge in [-0.1, -0.05) is 19.1 Å². The molecule has 9 heteroatoms. The first-order valence-electron chi connectivity index (χ1n) is 9.32. The minimum atomic E-state index is -1.11. The summed E-state index contributed by atoms with van der Waals surface area (Å²) in [5.41, 5.74) is 0.490. The Kier molecular flexibility index (Phi) is 5.76. The quantitative estimate of drug-likeness (QED) is 0.564. The van der Waals surface area contributed by atoms with Crippen molar-refractivity contribution in [3.8, 4) is 0 Å². The highest BCUT2D eigenvalue weighted by atomic mass is 16.5. The predicted molar refractivity (Wildman–Crippen MR) is 103 cm³/mol. The van der Waals surface area contributed by atoms with Crippen LogP contribution in [0.25, 0.3) is 0 Å². The second-order valence-electron chi connectivity index (χ2n) is 6.78. The molecule has 0 spiro atoms. The van der Waals surface area contributed by atoms with Crippen LogP contribution in [0.15, 0.2) is 36.5 Å². The standard InChI is InChI=1S/C20H22N4O5/c1-4-12(2)24-16(9-10-21-24)22-18(26)13(3)29-17(25)11-23-19(27)14-7-5-6-8-15(14)20(23)28/h5-10,12-13H,4,11H2,1-3H3,(H,22,26)/t12-,13-/m1/s1. The first-order chi connectivity index (χ1) is 13.8. The normalized spacial score (nSPS) is 15.1. The second kappa shape index (κ2) is 8.26. The summed E-state index contributed by atoms with van der Waals surface area (Å²) in [7, 11) is 0. The summed E-state index contributed by atoms with van der Waals surface area (Å²) in [6, 6.07) is 8.07. The first kappa shape index (κ1) is 20.2. The van der Waals surface area contributed by atoms with Crippen molar-refractivity contribution in [2.45, 2.75) is 39.3 Å². The van der Waals surface area contributed by atoms with E-state index in [0.29, 0.717) is 5.82 Å². The van der Waals surface area contributed by atoms with E-state index >= 15 is 0 Å². The van der Waals surface area contributed by atoms with Crippen molar-refractivity contribution in [1.29, 1.82) is 0 Å². The molecule has 9 nitrogen and oxygen atoms in total. The Balaban J connectivity index is 1.59. The molecule has 3 rings (SSSR count). The number of fused-ring (bicyclic) bond motifs is 1. The number of carbonyl (C=O) groups is 4. The van der Waals surface area contributed by atoms with Gasteiger partial charge in [0.25, 0.3) is 17.7 Å². The van der Waals surface area contributed by atoms with Crippen LogP contribution in [-0.4, -0.2) is 51.0 Å². The second-order valence-corrected chi connectivity index (χ2v) is 6.78. The number of hydrogen-bond donors (Lipinski definition) is 1. The minimum Gasteiger partial charge on any atom is -0.451 e. The van der Waals surface area contributed by atoms with Gasteiger partial charge < -0.3 is 10.1 Å². The zero-order valence-electron chi connectivity index (χ0n) is 16.4. The highest BCUT2D eigenvalue weighted by molar-refractivity contribution is 6.22. The lowest BCUT2D eigenvalue weighted by Crippen LogP contribution is -2.38. The fraction of sp³-hybridized carbons (Fsp3) is 0.350. The lowest BCUT2D eigenvalue weighted by Gasteiger charge is -2.18. The van der Waals surface area contributed by atoms with Gasteiger partial charge in [-0.05, 0) is 32.4 Å². The van der Waals surface area contributed by atoms with E-state index in [1.807, 2.05) is 13.8 Å². The molecule has 0 unspecified atom stereocenters. The summed E-state index contributed by atoms with van der Waals surface area (Å²) >= 11 is 0. The summed E-state index contributed by atoms with van der Waals surface area (Å²) in [6.45, 7) is 4.82. The third kappa shape index (κ3) is 4.03. The molecule has 0 fully saturated rings. The van der Waals surface area contributed by atoms with E-state index in [1.54, 1.807) is 29.1 Å². The number of rotatable bonds is 7. The smallest absolute Gasteiger partial charge is 0.326 e. The van der Waals surface area contributed by atoms with Crippen LogP contribution in [0.2, 0.25) is 0 Å². The van der Waals surface area contributed by atoms with Crippen molar-refractivity contribution in [3.63, 3.8) is 0 Å². The molecule has 1 aliphatic rings. The number of esters is 1. The zero-order valence-corrected chi connectivity index (χ0v) is 16.4. The Morgan fingerprint density at radius 2 is 1.72 bits per heavy atom. The molecule has 1 aromatic carbocycles. The van der Waals surface area contributed by atoms with Gasteiger partial charge in [0, 0.05) is 6.07 Å². The van der Waals surface area contributed by atoms with E-state index in [4.69, 9.17) is 4.74 Å². The molecular formula is C20H22N4O5. The van der Waals surface area contributed by atoms with Gasteiger partial charge in [-0.2, -0.15) is 5.10 Å². The van der Waals surface area contributed by atoms with Crippen molar-refractivity contribution in [2.75, 3.05) is 11.9 Å². The number of ether oxygens (including phenoxy) is 1. The number of amides is 3. The van der Waals surface area contributed by atoms with Crippen LogP contribution in [-0.2, 0) is 14.3 Å². The van der Waals surface area contributed by atoms with Crippen LogP contribution in [0.3, 0.4) is 0 Å². The third-order valence-electron chi connectivity index (χ3n) is 4.77. The number of nitrogens with zero attached hydrogens (tertiary/aromatic N) is 3. The van der Waals surface area contributed by atoms with Gasteiger partial charge >= 0.3 is 5.97 Å². The molecule has 0 saturated carbocycles. The van der Waals surface area contributed by atoms with Crippen molar-refractivity contribution in [1.82, 2.24) is 14.7 Å². The molecule has 0 saturated heterocycles. The highest BCUT2D eigenvalue weighted by Gasteiger charge is 2.37. The van der Waals surface area contributed by atoms with Crippen molar-refractivity contribution in [3.05, 3.63) is 47.7 Å². The monoisotopic (exact) mass is 398 g/mol. The molecular weight excluding hydrogens is 376 g/mol. The van der Waals surface area contributed by atoms with E-state index in [2.05, 4.69) is 10.4 Å². The number of carbonyl (C=O) groups excluding carboxylic acids is 4. The number of aromatic nitrogens is 2. The number of imide groups is 1. The maximum atomic E-state index is 12.4. The van der Waals surface area contributed by atoms with Crippen LogP contribution in [0.5, 0.6) is 0 Å². The van der Waals surface area contributed by atoms with Gasteiger partial charge in [-0.25, -0.2) is 4.68 Å². The van der Waals surface area contributed by atoms with Crippen LogP contribution in [0.1, 0.15) is 53.9 Å². The van der Waals surface area contributed by atoms with Gasteiger partial charge in [0.15, 0.2) is 6.10 Å². The molecule has 1 aromatic heterocycles. The van der Waals surface area contributed by atoms with Crippen molar-refractivity contribution >= 4 is 29.5 Å². The molecule has 0 radical (unpaired) electrons. The highest BCUT2D eigenvalue weighted by Crippen LogP contribution is 2.22. The Morgan fingerprint density at radius 1 is 1.10 bits per heavy atom. The molecule has 2 heterocycles. The SMILES string of the molecule is CC[C@@H](C)n1nccc1NC(=O)[C@@H](C)OC(=O)CN1C(=O)c2ccccc2C1=O. The maximum Gasteiger partial charge on any atom is 0.326 e. The Labute approximate surface area is 167 Å². The summed E-state index contributed by atoms with van der Waals surface area (Å²) in [5.74, 6) is -2.01. The number of nitrogens with one attached hydrogen (secondary N) is 1. The molecule has 2 aromatic rings. The zero-order chi connectivity index (χ0) is 21.1. The van der Waals surface area contributed by atoms with E-state index in [1.165, 1.54) is 19.1 Å². The number of hydrogen-bond acceptors (Lipinski definition) is 6. The van der Waals surface area contributed by atoms with Crippen molar-refractivity contribution < 1.29 is 23.9 Å². The van der Waals surface area contributed by atoms with Gasteiger partial charge in [-0.3, -0.25) is 24.1 Å². The topological polar surface area (TPSA) is 111 Å². The number of anilines is 1. The lowest BCUT2D eigenvalue weighted by molar-refractivity contribution is -0.153. The van der Waals surface area contributed by atoms with E-state index < -0.39 is 36.3 Å². The van der Waals surface area contributed by atoms with Gasteiger partial charge in [0.05, 0.1) is 23.4 Å². The average molecular weight is 398 g/mol. The number of benzene rings is 1. The minimum absolute atomic E-state index is 0.0898. The van der Waals surface area contributed by atoms with E-state index in [-0.39, 0.29) is 17.2 Å². The largest absolute Gasteiger partial charge is 0.451 e. The van der Waals surface area contributed by atoms with Crippen LogP contribution < -0.4 is 5.32 Å². The average Bonchev–Trinajstić information content (AvgIpc) is 3.26. The Morgan fingerprint density at radius 3 is 2.31 bits per heavy atom. The maximum absolute atomic E-state index is 12.4. The molecule has 0 bridgehead atoms. The molecule has 1 aliphatic heterocycles. The summed E-state index contributed by atoms with van der Waals surface area (Å²) in [6.07, 6.45) is 1.29. The van der Waals surface area contributed by atoms with Gasteiger partial charge in [-0.15, -0.1) is 0 Å². The molecule has 1 N–H and O–H groups in total. The summed E-state index contributed by atoms with van der Waals surface area (Å²) in [5, 5.41) is 6.85. The van der Waals surface area contributed by atoms with Crippen LogP contribution >= 0.6 is 0 Å². The fourth-order valence-corrected chi connectivity index (χ4v) is 2.97. The Hall–Kier alpha value is -3.49. The predicted octanol–water partition coefficient (Wildman–Crippen LogP) is 2.02. The summed E-state index contributed by atoms with van der Waals surface area (Å²) in [4.78, 5) is 50.0. The molecule has 3 amide bonds.